The molecular formula is C13H19BrO4. The van der Waals surface area contributed by atoms with Gasteiger partial charge in [-0.15, -0.1) is 0 Å². The van der Waals surface area contributed by atoms with Crippen molar-refractivity contribution in [3.05, 3.63) is 28.2 Å². The molecule has 4 nitrogen and oxygen atoms in total. The normalized spacial score (nSPS) is 12.4. The maximum Gasteiger partial charge on any atom is 0.125 e. The van der Waals surface area contributed by atoms with E-state index in [4.69, 9.17) is 14.2 Å². The molecule has 1 aromatic carbocycles. The Morgan fingerprint density at radius 3 is 2.61 bits per heavy atom. The first kappa shape index (κ1) is 15.4. The second kappa shape index (κ2) is 8.48. The van der Waals surface area contributed by atoms with Crippen molar-refractivity contribution in [2.75, 3.05) is 33.5 Å². The molecule has 102 valence electrons. The SMILES string of the molecule is COCCOCCOc1ccc(Br)cc1[C@@H](C)O. The van der Waals surface area contributed by atoms with E-state index < -0.39 is 6.10 Å². The van der Waals surface area contributed by atoms with Gasteiger partial charge in [0.15, 0.2) is 0 Å². The number of rotatable bonds is 8. The first-order valence-electron chi connectivity index (χ1n) is 5.82. The largest absolute Gasteiger partial charge is 0.491 e. The monoisotopic (exact) mass is 318 g/mol. The zero-order chi connectivity index (χ0) is 13.4. The van der Waals surface area contributed by atoms with Crippen molar-refractivity contribution in [2.24, 2.45) is 0 Å². The smallest absolute Gasteiger partial charge is 0.125 e. The van der Waals surface area contributed by atoms with Crippen LogP contribution in [0.3, 0.4) is 0 Å². The summed E-state index contributed by atoms with van der Waals surface area (Å²) in [5.74, 6) is 0.684. The second-order valence-electron chi connectivity index (χ2n) is 3.81. The van der Waals surface area contributed by atoms with E-state index in [1.807, 2.05) is 18.2 Å². The van der Waals surface area contributed by atoms with Gasteiger partial charge in [-0.05, 0) is 25.1 Å². The molecule has 1 N–H and O–H groups in total. The van der Waals surface area contributed by atoms with Crippen LogP contribution in [0.2, 0.25) is 0 Å². The molecule has 0 fully saturated rings. The Morgan fingerprint density at radius 1 is 1.22 bits per heavy atom. The highest BCUT2D eigenvalue weighted by Gasteiger charge is 2.09. The van der Waals surface area contributed by atoms with E-state index in [9.17, 15) is 5.11 Å². The molecule has 0 unspecified atom stereocenters. The fourth-order valence-electron chi connectivity index (χ4n) is 1.43. The van der Waals surface area contributed by atoms with Gasteiger partial charge in [0.25, 0.3) is 0 Å². The van der Waals surface area contributed by atoms with Crippen LogP contribution < -0.4 is 4.74 Å². The van der Waals surface area contributed by atoms with Crippen molar-refractivity contribution in [1.82, 2.24) is 0 Å². The lowest BCUT2D eigenvalue weighted by molar-refractivity contribution is 0.0538. The lowest BCUT2D eigenvalue weighted by Crippen LogP contribution is -2.11. The van der Waals surface area contributed by atoms with Gasteiger partial charge in [0.05, 0.1) is 25.9 Å². The minimum absolute atomic E-state index is 0.449. The number of ether oxygens (including phenoxy) is 3. The molecular weight excluding hydrogens is 300 g/mol. The third-order valence-electron chi connectivity index (χ3n) is 2.34. The summed E-state index contributed by atoms with van der Waals surface area (Å²) >= 11 is 3.37. The number of benzene rings is 1. The van der Waals surface area contributed by atoms with Gasteiger partial charge in [0.2, 0.25) is 0 Å². The van der Waals surface area contributed by atoms with Crippen LogP contribution in [0.1, 0.15) is 18.6 Å². The summed E-state index contributed by atoms with van der Waals surface area (Å²) in [5, 5.41) is 9.65. The average Bonchev–Trinajstić information content (AvgIpc) is 2.35. The standard InChI is InChI=1S/C13H19BrO4/c1-10(15)12-9-11(14)3-4-13(12)18-8-7-17-6-5-16-2/h3-4,9-10,15H,5-8H2,1-2H3/t10-/m1/s1. The Balaban J connectivity index is 2.42. The Labute approximate surface area is 116 Å². The van der Waals surface area contributed by atoms with E-state index >= 15 is 0 Å². The summed E-state index contributed by atoms with van der Waals surface area (Å²) in [6, 6.07) is 5.57. The van der Waals surface area contributed by atoms with Gasteiger partial charge >= 0.3 is 0 Å². The van der Waals surface area contributed by atoms with Gasteiger partial charge < -0.3 is 19.3 Å². The highest BCUT2D eigenvalue weighted by Crippen LogP contribution is 2.28. The fourth-order valence-corrected chi connectivity index (χ4v) is 1.81. The van der Waals surface area contributed by atoms with Crippen LogP contribution in [0.15, 0.2) is 22.7 Å². The Morgan fingerprint density at radius 2 is 1.94 bits per heavy atom. The topological polar surface area (TPSA) is 47.9 Å². The van der Waals surface area contributed by atoms with Crippen LogP contribution in [0, 0.1) is 0 Å². The van der Waals surface area contributed by atoms with Crippen molar-refractivity contribution in [1.29, 1.82) is 0 Å². The maximum atomic E-state index is 9.65. The van der Waals surface area contributed by atoms with Crippen molar-refractivity contribution in [3.63, 3.8) is 0 Å². The van der Waals surface area contributed by atoms with E-state index in [-0.39, 0.29) is 0 Å². The molecule has 1 atom stereocenters. The molecule has 0 amide bonds. The number of hydrogen-bond donors (Lipinski definition) is 1. The lowest BCUT2D eigenvalue weighted by Gasteiger charge is -2.14. The first-order chi connectivity index (χ1) is 8.65. The van der Waals surface area contributed by atoms with Crippen LogP contribution in [-0.2, 0) is 9.47 Å². The molecule has 0 aliphatic heterocycles. The molecule has 0 saturated carbocycles. The average molecular weight is 319 g/mol. The highest BCUT2D eigenvalue weighted by molar-refractivity contribution is 9.10. The Kier molecular flexibility index (Phi) is 7.27. The second-order valence-corrected chi connectivity index (χ2v) is 4.73. The first-order valence-corrected chi connectivity index (χ1v) is 6.61. The summed E-state index contributed by atoms with van der Waals surface area (Å²) < 4.78 is 16.7. The number of halogens is 1. The molecule has 0 aromatic heterocycles. The number of methoxy groups -OCH3 is 1. The summed E-state index contributed by atoms with van der Waals surface area (Å²) in [7, 11) is 1.64. The van der Waals surface area contributed by atoms with Crippen LogP contribution in [-0.4, -0.2) is 38.6 Å². The zero-order valence-corrected chi connectivity index (χ0v) is 12.3. The zero-order valence-electron chi connectivity index (χ0n) is 10.7. The van der Waals surface area contributed by atoms with E-state index in [0.717, 1.165) is 10.0 Å². The molecule has 0 saturated heterocycles. The summed E-state index contributed by atoms with van der Waals surface area (Å²) in [5.41, 5.74) is 0.765. The minimum atomic E-state index is -0.563. The predicted octanol–water partition coefficient (Wildman–Crippen LogP) is 2.54. The highest BCUT2D eigenvalue weighted by atomic mass is 79.9. The molecule has 18 heavy (non-hydrogen) atoms. The van der Waals surface area contributed by atoms with Crippen LogP contribution in [0.5, 0.6) is 5.75 Å². The van der Waals surface area contributed by atoms with Crippen molar-refractivity contribution in [3.8, 4) is 5.75 Å². The van der Waals surface area contributed by atoms with Crippen LogP contribution >= 0.6 is 15.9 Å². The van der Waals surface area contributed by atoms with Gasteiger partial charge in [-0.3, -0.25) is 0 Å². The molecule has 0 spiro atoms. The third-order valence-corrected chi connectivity index (χ3v) is 2.83. The maximum absolute atomic E-state index is 9.65. The molecule has 0 radical (unpaired) electrons. The quantitative estimate of drug-likeness (QED) is 0.748. The van der Waals surface area contributed by atoms with E-state index in [0.29, 0.717) is 32.2 Å². The van der Waals surface area contributed by atoms with E-state index in [1.165, 1.54) is 0 Å². The fraction of sp³-hybridized carbons (Fsp3) is 0.538. The molecule has 0 aliphatic rings. The predicted molar refractivity (Wildman–Crippen MR) is 73.0 cm³/mol. The molecule has 1 aromatic rings. The third kappa shape index (κ3) is 5.35. The van der Waals surface area contributed by atoms with E-state index in [1.54, 1.807) is 14.0 Å². The van der Waals surface area contributed by atoms with Gasteiger partial charge in [0, 0.05) is 17.1 Å². The summed E-state index contributed by atoms with van der Waals surface area (Å²) in [6.07, 6.45) is -0.563. The van der Waals surface area contributed by atoms with Crippen molar-refractivity contribution < 1.29 is 19.3 Å². The Bertz CT molecular complexity index is 355. The summed E-state index contributed by atoms with van der Waals surface area (Å²) in [6.45, 7) is 3.80. The molecule has 5 heteroatoms. The van der Waals surface area contributed by atoms with Crippen molar-refractivity contribution in [2.45, 2.75) is 13.0 Å². The molecule has 0 heterocycles. The summed E-state index contributed by atoms with van der Waals surface area (Å²) in [4.78, 5) is 0. The molecule has 0 aliphatic carbocycles. The lowest BCUT2D eigenvalue weighted by atomic mass is 10.1. The van der Waals surface area contributed by atoms with Gasteiger partial charge in [-0.2, -0.15) is 0 Å². The van der Waals surface area contributed by atoms with Gasteiger partial charge in [0.1, 0.15) is 12.4 Å². The van der Waals surface area contributed by atoms with E-state index in [2.05, 4.69) is 15.9 Å². The number of aliphatic hydroxyl groups is 1. The minimum Gasteiger partial charge on any atom is -0.491 e. The molecule has 0 bridgehead atoms. The van der Waals surface area contributed by atoms with Gasteiger partial charge in [-0.1, -0.05) is 15.9 Å². The van der Waals surface area contributed by atoms with Gasteiger partial charge in [-0.25, -0.2) is 0 Å². The Hall–Kier alpha value is -0.620. The number of hydrogen-bond acceptors (Lipinski definition) is 4. The van der Waals surface area contributed by atoms with Crippen molar-refractivity contribution >= 4 is 15.9 Å². The van der Waals surface area contributed by atoms with Crippen LogP contribution in [0.25, 0.3) is 0 Å². The molecule has 1 rings (SSSR count). The van der Waals surface area contributed by atoms with Crippen LogP contribution in [0.4, 0.5) is 0 Å². The number of aliphatic hydroxyl groups excluding tert-OH is 1.